The quantitative estimate of drug-likeness (QED) is 0.250. The van der Waals surface area contributed by atoms with Crippen LogP contribution in [-0.2, 0) is 23.0 Å². The predicted molar refractivity (Wildman–Crippen MR) is 154 cm³/mol. The molecule has 3 atom stereocenters. The average molecular weight is 600 g/mol. The van der Waals surface area contributed by atoms with E-state index in [1.165, 1.54) is 15.6 Å². The fourth-order valence-electron chi connectivity index (χ4n) is 5.37. The first-order valence-electron chi connectivity index (χ1n) is 13.1. The van der Waals surface area contributed by atoms with Crippen molar-refractivity contribution in [2.75, 3.05) is 19.6 Å². The predicted octanol–water partition coefficient (Wildman–Crippen LogP) is 2.22. The van der Waals surface area contributed by atoms with Crippen LogP contribution in [0.5, 0.6) is 0 Å². The molecule has 2 saturated heterocycles. The van der Waals surface area contributed by atoms with Gasteiger partial charge in [-0.2, -0.15) is 4.31 Å². The molecule has 210 valence electrons. The Morgan fingerprint density at radius 1 is 1.25 bits per heavy atom. The van der Waals surface area contributed by atoms with Gasteiger partial charge in [0.25, 0.3) is 21.2 Å². The molecule has 5 heterocycles. The highest BCUT2D eigenvalue weighted by molar-refractivity contribution is 8.12. The molecule has 6 rings (SSSR count). The molecule has 2 amide bonds. The van der Waals surface area contributed by atoms with Gasteiger partial charge in [-0.3, -0.25) is 9.59 Å². The number of aromatic amines is 1. The van der Waals surface area contributed by atoms with Crippen LogP contribution < -0.4 is 15.4 Å². The summed E-state index contributed by atoms with van der Waals surface area (Å²) in [5.41, 5.74) is 2.31. The lowest BCUT2D eigenvalue weighted by atomic mass is 10.1. The van der Waals surface area contributed by atoms with Gasteiger partial charge in [-0.1, -0.05) is 5.92 Å². The van der Waals surface area contributed by atoms with Gasteiger partial charge in [-0.05, 0) is 44.0 Å². The minimum Gasteiger partial charge on any atom is -0.345 e. The molecular weight excluding hydrogens is 571 g/mol. The van der Waals surface area contributed by atoms with E-state index in [0.717, 1.165) is 34.3 Å². The molecule has 2 aromatic heterocycles. The van der Waals surface area contributed by atoms with Crippen LogP contribution in [-0.4, -0.2) is 76.6 Å². The highest BCUT2D eigenvalue weighted by atomic mass is 32.2. The summed E-state index contributed by atoms with van der Waals surface area (Å²) in [6, 6.07) is 6.81. The largest absolute Gasteiger partial charge is 0.345 e. The normalized spacial score (nSPS) is 23.6. The maximum absolute atomic E-state index is 13.7. The molecule has 40 heavy (non-hydrogen) atoms. The van der Waals surface area contributed by atoms with Gasteiger partial charge >= 0.3 is 0 Å². The minimum atomic E-state index is -3.87. The molecule has 4 N–H and O–H groups in total. The lowest BCUT2D eigenvalue weighted by Crippen LogP contribution is -2.56. The van der Waals surface area contributed by atoms with Gasteiger partial charge in [-0.15, -0.1) is 17.8 Å². The lowest BCUT2D eigenvalue weighted by Gasteiger charge is -2.40. The van der Waals surface area contributed by atoms with Crippen molar-refractivity contribution in [3.05, 3.63) is 45.4 Å². The molecule has 2 fully saturated rings. The zero-order valence-electron chi connectivity index (χ0n) is 21.8. The van der Waals surface area contributed by atoms with E-state index in [-0.39, 0.29) is 42.0 Å². The van der Waals surface area contributed by atoms with E-state index < -0.39 is 16.1 Å². The summed E-state index contributed by atoms with van der Waals surface area (Å²) in [5.74, 6) is 2.39. The number of hydrogen-bond acceptors (Lipinski definition) is 9. The second kappa shape index (κ2) is 10.8. The molecule has 0 spiro atoms. The molecule has 0 bridgehead atoms. The Morgan fingerprint density at radius 3 is 2.88 bits per heavy atom. The average Bonchev–Trinajstić information content (AvgIpc) is 3.68. The van der Waals surface area contributed by atoms with Gasteiger partial charge in [-0.25, -0.2) is 18.1 Å². The number of hydrogen-bond donors (Lipinski definition) is 4. The minimum absolute atomic E-state index is 0.0885. The van der Waals surface area contributed by atoms with E-state index in [1.807, 2.05) is 0 Å². The fraction of sp³-hybridized carbons (Fsp3) is 0.423. The molecule has 3 unspecified atom stereocenters. The third-order valence-electron chi connectivity index (χ3n) is 7.53. The van der Waals surface area contributed by atoms with Crippen LogP contribution in [0.4, 0.5) is 4.79 Å². The Kier molecular flexibility index (Phi) is 7.36. The zero-order valence-corrected chi connectivity index (χ0v) is 24.2. The highest BCUT2D eigenvalue weighted by Crippen LogP contribution is 2.29. The number of rotatable bonds is 6. The van der Waals surface area contributed by atoms with Crippen molar-refractivity contribution in [2.45, 2.75) is 56.0 Å². The molecule has 3 aliphatic heterocycles. The summed E-state index contributed by atoms with van der Waals surface area (Å²) >= 11 is 2.41. The van der Waals surface area contributed by atoms with E-state index in [1.54, 1.807) is 29.2 Å². The van der Waals surface area contributed by atoms with E-state index in [4.69, 9.17) is 6.42 Å². The van der Waals surface area contributed by atoms with Gasteiger partial charge in [0.2, 0.25) is 0 Å². The van der Waals surface area contributed by atoms with Gasteiger partial charge in [0.1, 0.15) is 5.03 Å². The summed E-state index contributed by atoms with van der Waals surface area (Å²) in [7, 11) is -3.87. The van der Waals surface area contributed by atoms with Crippen LogP contribution in [0.3, 0.4) is 0 Å². The Morgan fingerprint density at radius 2 is 2.10 bits per heavy atom. The monoisotopic (exact) mass is 599 g/mol. The molecule has 3 aliphatic rings. The lowest BCUT2D eigenvalue weighted by molar-refractivity contribution is 0.0542. The number of carbonyl (C=O) groups is 2. The van der Waals surface area contributed by atoms with Gasteiger partial charge in [0.15, 0.2) is 5.01 Å². The molecular formula is C26H29N7O4S3. The summed E-state index contributed by atoms with van der Waals surface area (Å²) in [5, 5.41) is 7.33. The van der Waals surface area contributed by atoms with Crippen molar-refractivity contribution >= 4 is 55.4 Å². The van der Waals surface area contributed by atoms with Crippen LogP contribution in [0, 0.1) is 12.3 Å². The smallest absolute Gasteiger partial charge is 0.295 e. The SMILES string of the molecule is C#Cc1ccc2[nH]c(S(=O)(=O)N3CCN(C(=O)c4nc5c(s4)CNC(C)C5)C(CCC4NSC(=O)N4)C3)cc2c1. The number of sulfonamides is 1. The van der Waals surface area contributed by atoms with Crippen LogP contribution >= 0.6 is 23.3 Å². The molecule has 0 aliphatic carbocycles. The maximum atomic E-state index is 13.7. The summed E-state index contributed by atoms with van der Waals surface area (Å²) < 4.78 is 31.9. The molecule has 3 aromatic rings. The third kappa shape index (κ3) is 5.25. The number of nitrogens with one attached hydrogen (secondary N) is 4. The number of thiazole rings is 1. The summed E-state index contributed by atoms with van der Waals surface area (Å²) in [4.78, 5) is 35.9. The Hall–Kier alpha value is -2.93. The van der Waals surface area contributed by atoms with E-state index in [0.29, 0.717) is 41.5 Å². The number of nitrogens with zero attached hydrogens (tertiary/aromatic N) is 3. The van der Waals surface area contributed by atoms with Gasteiger partial charge in [0.05, 0.1) is 11.9 Å². The molecule has 0 saturated carbocycles. The first-order chi connectivity index (χ1) is 19.2. The Balaban J connectivity index is 1.24. The van der Waals surface area contributed by atoms with E-state index in [9.17, 15) is 18.0 Å². The number of H-pyrrole nitrogens is 1. The maximum Gasteiger partial charge on any atom is 0.295 e. The van der Waals surface area contributed by atoms with Crippen molar-refractivity contribution in [1.29, 1.82) is 0 Å². The van der Waals surface area contributed by atoms with Crippen molar-refractivity contribution in [3.8, 4) is 12.3 Å². The molecule has 0 radical (unpaired) electrons. The number of fused-ring (bicyclic) bond motifs is 2. The number of amides is 2. The Labute approximate surface area is 240 Å². The first-order valence-corrected chi connectivity index (χ1v) is 16.1. The standard InChI is InChI=1S/C26H29N7O4S3/c1-3-16-4-6-19-17(11-16)12-23(28-19)40(36,37)32-8-9-33(18(14-32)5-7-22-30-26(35)39-31-22)25(34)24-29-20-10-15(2)27-13-21(20)38-24/h1,4,6,11-12,15,18,22,27-28,31H,5,7-10,13-14H2,2H3,(H,30,35). The van der Waals surface area contributed by atoms with Crippen LogP contribution in [0.1, 0.15) is 45.7 Å². The topological polar surface area (TPSA) is 140 Å². The molecule has 11 nitrogen and oxygen atoms in total. The number of benzene rings is 1. The summed E-state index contributed by atoms with van der Waals surface area (Å²) in [6.45, 7) is 3.32. The number of aromatic nitrogens is 2. The van der Waals surface area contributed by atoms with Crippen molar-refractivity contribution in [2.24, 2.45) is 0 Å². The third-order valence-corrected chi connectivity index (χ3v) is 11.1. The fourth-order valence-corrected chi connectivity index (χ4v) is 8.48. The molecule has 1 aromatic carbocycles. The van der Waals surface area contributed by atoms with Crippen LogP contribution in [0.25, 0.3) is 10.9 Å². The van der Waals surface area contributed by atoms with Crippen LogP contribution in [0.2, 0.25) is 0 Å². The van der Waals surface area contributed by atoms with Gasteiger partial charge < -0.3 is 20.5 Å². The van der Waals surface area contributed by atoms with Crippen molar-refractivity contribution < 1.29 is 18.0 Å². The highest BCUT2D eigenvalue weighted by Gasteiger charge is 2.39. The van der Waals surface area contributed by atoms with E-state index >= 15 is 0 Å². The first kappa shape index (κ1) is 27.3. The number of terminal acetylenes is 1. The van der Waals surface area contributed by atoms with Crippen molar-refractivity contribution in [1.82, 2.24) is 34.5 Å². The summed E-state index contributed by atoms with van der Waals surface area (Å²) in [6.07, 6.45) is 7.06. The van der Waals surface area contributed by atoms with Gasteiger partial charge in [0, 0.05) is 78.0 Å². The number of piperazine rings is 1. The second-order valence-corrected chi connectivity index (χ2v) is 14.1. The number of carbonyl (C=O) groups excluding carboxylic acids is 2. The van der Waals surface area contributed by atoms with E-state index in [2.05, 4.69) is 38.2 Å². The van der Waals surface area contributed by atoms with Crippen LogP contribution in [0.15, 0.2) is 29.3 Å². The van der Waals surface area contributed by atoms with Crippen molar-refractivity contribution in [3.63, 3.8) is 0 Å². The Bertz CT molecular complexity index is 1630. The second-order valence-electron chi connectivity index (χ2n) is 10.3. The molecule has 14 heteroatoms. The zero-order chi connectivity index (χ0) is 28.0.